The molecule has 2 aromatic rings. The van der Waals surface area contributed by atoms with Crippen molar-refractivity contribution in [3.8, 4) is 0 Å². The first-order valence-corrected chi connectivity index (χ1v) is 8.59. The Kier molecular flexibility index (Phi) is 5.85. The van der Waals surface area contributed by atoms with Crippen LogP contribution in [-0.2, 0) is 0 Å². The van der Waals surface area contributed by atoms with E-state index in [1.54, 1.807) is 17.8 Å². The van der Waals surface area contributed by atoms with E-state index in [1.807, 2.05) is 25.1 Å². The van der Waals surface area contributed by atoms with E-state index < -0.39 is 0 Å². The third kappa shape index (κ3) is 4.31. The molecule has 21 heavy (non-hydrogen) atoms. The third-order valence-electron chi connectivity index (χ3n) is 3.29. The summed E-state index contributed by atoms with van der Waals surface area (Å²) in [6.07, 6.45) is 0. The Morgan fingerprint density at radius 3 is 2.71 bits per heavy atom. The average molecular weight is 368 g/mol. The minimum atomic E-state index is -0.145. The minimum Gasteiger partial charge on any atom is -0.310 e. The van der Waals surface area contributed by atoms with E-state index in [-0.39, 0.29) is 11.9 Å². The normalized spacial score (nSPS) is 12.4. The number of benzene rings is 2. The molecule has 0 saturated heterocycles. The van der Waals surface area contributed by atoms with Crippen LogP contribution in [0.15, 0.2) is 50.7 Å². The lowest BCUT2D eigenvalue weighted by Crippen LogP contribution is -2.18. The van der Waals surface area contributed by atoms with Crippen molar-refractivity contribution in [2.45, 2.75) is 36.6 Å². The summed E-state index contributed by atoms with van der Waals surface area (Å²) in [6.45, 7) is 6.79. The van der Waals surface area contributed by atoms with Crippen molar-refractivity contribution in [3.63, 3.8) is 0 Å². The van der Waals surface area contributed by atoms with Crippen LogP contribution in [0.3, 0.4) is 0 Å². The van der Waals surface area contributed by atoms with E-state index in [1.165, 1.54) is 0 Å². The molecule has 0 saturated carbocycles. The smallest absolute Gasteiger partial charge is 0.126 e. The summed E-state index contributed by atoms with van der Waals surface area (Å²) in [5.41, 5.74) is 1.69. The van der Waals surface area contributed by atoms with Gasteiger partial charge >= 0.3 is 0 Å². The van der Waals surface area contributed by atoms with Crippen molar-refractivity contribution < 1.29 is 4.39 Å². The molecule has 1 unspecified atom stereocenters. The summed E-state index contributed by atoms with van der Waals surface area (Å²) in [4.78, 5) is 2.24. The Morgan fingerprint density at radius 1 is 1.29 bits per heavy atom. The fourth-order valence-electron chi connectivity index (χ4n) is 2.17. The van der Waals surface area contributed by atoms with Crippen molar-refractivity contribution in [2.75, 3.05) is 6.54 Å². The maximum Gasteiger partial charge on any atom is 0.126 e. The van der Waals surface area contributed by atoms with Crippen molar-refractivity contribution >= 4 is 27.7 Å². The van der Waals surface area contributed by atoms with Crippen LogP contribution >= 0.6 is 27.7 Å². The highest BCUT2D eigenvalue weighted by atomic mass is 79.9. The summed E-state index contributed by atoms with van der Waals surface area (Å²) in [6, 6.07) is 11.9. The van der Waals surface area contributed by atoms with Gasteiger partial charge in [0.2, 0.25) is 0 Å². The van der Waals surface area contributed by atoms with E-state index in [0.29, 0.717) is 5.56 Å². The first-order valence-electron chi connectivity index (χ1n) is 6.98. The molecule has 1 atom stereocenters. The maximum absolute atomic E-state index is 13.9. The van der Waals surface area contributed by atoms with Crippen LogP contribution in [0.1, 0.15) is 31.0 Å². The predicted octanol–water partition coefficient (Wildman–Crippen LogP) is 5.72. The molecular weight excluding hydrogens is 349 g/mol. The third-order valence-corrected chi connectivity index (χ3v) is 4.85. The van der Waals surface area contributed by atoms with Crippen LogP contribution in [0.2, 0.25) is 0 Å². The summed E-state index contributed by atoms with van der Waals surface area (Å²) in [5.74, 6) is -0.145. The molecule has 0 aliphatic heterocycles. The van der Waals surface area contributed by atoms with E-state index in [4.69, 9.17) is 0 Å². The molecule has 4 heteroatoms. The zero-order chi connectivity index (χ0) is 15.4. The van der Waals surface area contributed by atoms with Crippen LogP contribution in [0.5, 0.6) is 0 Å². The van der Waals surface area contributed by atoms with Gasteiger partial charge in [-0.3, -0.25) is 0 Å². The van der Waals surface area contributed by atoms with Gasteiger partial charge in [-0.15, -0.1) is 0 Å². The molecule has 2 aromatic carbocycles. The Labute approximate surface area is 138 Å². The highest BCUT2D eigenvalue weighted by Gasteiger charge is 2.14. The molecule has 1 N–H and O–H groups in total. The first kappa shape index (κ1) is 16.5. The molecule has 0 aliphatic rings. The van der Waals surface area contributed by atoms with Crippen LogP contribution < -0.4 is 5.32 Å². The Morgan fingerprint density at radius 2 is 2.05 bits per heavy atom. The van der Waals surface area contributed by atoms with Gasteiger partial charge in [0.1, 0.15) is 5.82 Å². The van der Waals surface area contributed by atoms with Crippen LogP contribution in [0, 0.1) is 12.7 Å². The first-order chi connectivity index (χ1) is 10.0. The SMILES string of the molecule is CCNC(C)c1cc(F)c(C)cc1Sc1cccc(Br)c1. The van der Waals surface area contributed by atoms with Crippen molar-refractivity contribution in [2.24, 2.45) is 0 Å². The monoisotopic (exact) mass is 367 g/mol. The molecule has 0 amide bonds. The van der Waals surface area contributed by atoms with Gasteiger partial charge in [0.05, 0.1) is 0 Å². The number of nitrogens with one attached hydrogen (secondary N) is 1. The summed E-state index contributed by atoms with van der Waals surface area (Å²) >= 11 is 5.16. The quantitative estimate of drug-likeness (QED) is 0.725. The number of rotatable bonds is 5. The van der Waals surface area contributed by atoms with Crippen molar-refractivity contribution in [3.05, 3.63) is 57.8 Å². The predicted molar refractivity (Wildman–Crippen MR) is 91.5 cm³/mol. The lowest BCUT2D eigenvalue weighted by atomic mass is 10.1. The number of halogens is 2. The van der Waals surface area contributed by atoms with Crippen LogP contribution in [0.4, 0.5) is 4.39 Å². The topological polar surface area (TPSA) is 12.0 Å². The van der Waals surface area contributed by atoms with Gasteiger partial charge in [0.25, 0.3) is 0 Å². The summed E-state index contributed by atoms with van der Waals surface area (Å²) < 4.78 is 15.0. The molecule has 0 aromatic heterocycles. The van der Waals surface area contributed by atoms with Gasteiger partial charge in [0, 0.05) is 20.3 Å². The van der Waals surface area contributed by atoms with E-state index in [9.17, 15) is 4.39 Å². The average Bonchev–Trinajstić information content (AvgIpc) is 2.43. The van der Waals surface area contributed by atoms with Gasteiger partial charge < -0.3 is 5.32 Å². The Hall–Kier alpha value is -0.840. The number of aryl methyl sites for hydroxylation is 1. The molecule has 0 fully saturated rings. The van der Waals surface area contributed by atoms with Gasteiger partial charge in [-0.2, -0.15) is 0 Å². The minimum absolute atomic E-state index is 0.125. The van der Waals surface area contributed by atoms with E-state index in [0.717, 1.165) is 26.4 Å². The molecule has 1 nitrogen and oxygen atoms in total. The Bertz CT molecular complexity index is 630. The van der Waals surface area contributed by atoms with Gasteiger partial charge in [-0.1, -0.05) is 40.7 Å². The zero-order valence-corrected chi connectivity index (χ0v) is 14.8. The number of hydrogen-bond acceptors (Lipinski definition) is 2. The van der Waals surface area contributed by atoms with Crippen LogP contribution in [-0.4, -0.2) is 6.54 Å². The molecule has 0 aliphatic carbocycles. The molecule has 0 bridgehead atoms. The highest BCUT2D eigenvalue weighted by molar-refractivity contribution is 9.10. The fraction of sp³-hybridized carbons (Fsp3) is 0.294. The van der Waals surface area contributed by atoms with E-state index in [2.05, 4.69) is 47.2 Å². The molecule has 0 heterocycles. The summed E-state index contributed by atoms with van der Waals surface area (Å²) in [5, 5.41) is 3.36. The van der Waals surface area contributed by atoms with Gasteiger partial charge in [-0.25, -0.2) is 4.39 Å². The molecule has 0 radical (unpaired) electrons. The summed E-state index contributed by atoms with van der Waals surface area (Å²) in [7, 11) is 0. The lowest BCUT2D eigenvalue weighted by Gasteiger charge is -2.18. The fourth-order valence-corrected chi connectivity index (χ4v) is 3.90. The highest BCUT2D eigenvalue weighted by Crippen LogP contribution is 2.35. The molecule has 0 spiro atoms. The molecular formula is C17H19BrFNS. The van der Waals surface area contributed by atoms with Crippen molar-refractivity contribution in [1.29, 1.82) is 0 Å². The Balaban J connectivity index is 2.39. The zero-order valence-electron chi connectivity index (χ0n) is 12.4. The van der Waals surface area contributed by atoms with E-state index >= 15 is 0 Å². The standard InChI is InChI=1S/C17H19BrFNS/c1-4-20-12(3)15-10-16(19)11(2)8-17(15)21-14-7-5-6-13(18)9-14/h5-10,12,20H,4H2,1-3H3. The largest absolute Gasteiger partial charge is 0.310 e. The molecule has 112 valence electrons. The maximum atomic E-state index is 13.9. The van der Waals surface area contributed by atoms with Crippen LogP contribution in [0.25, 0.3) is 0 Å². The van der Waals surface area contributed by atoms with Crippen molar-refractivity contribution in [1.82, 2.24) is 5.32 Å². The second kappa shape index (κ2) is 7.43. The molecule has 2 rings (SSSR count). The van der Waals surface area contributed by atoms with Gasteiger partial charge in [-0.05, 0) is 61.9 Å². The van der Waals surface area contributed by atoms with Gasteiger partial charge in [0.15, 0.2) is 0 Å². The lowest BCUT2D eigenvalue weighted by molar-refractivity contribution is 0.571. The second-order valence-electron chi connectivity index (χ2n) is 4.98. The number of hydrogen-bond donors (Lipinski definition) is 1. The second-order valence-corrected chi connectivity index (χ2v) is 7.01.